The summed E-state index contributed by atoms with van der Waals surface area (Å²) in [7, 11) is -0.405. The Labute approximate surface area is 239 Å². The van der Waals surface area contributed by atoms with Crippen molar-refractivity contribution in [2.45, 2.75) is 38.9 Å². The number of nitrogens with zero attached hydrogens (tertiary/aromatic N) is 2. The van der Waals surface area contributed by atoms with E-state index in [1.165, 1.54) is 32.3 Å². The van der Waals surface area contributed by atoms with Crippen LogP contribution in [0, 0.1) is 0 Å². The summed E-state index contributed by atoms with van der Waals surface area (Å²) in [5.74, 6) is 0.698. The zero-order valence-corrected chi connectivity index (χ0v) is 23.6. The Balaban J connectivity index is 1.31. The highest BCUT2D eigenvalue weighted by molar-refractivity contribution is 6.62. The molecular formula is C36H29BN2O2. The van der Waals surface area contributed by atoms with Gasteiger partial charge in [0.2, 0.25) is 0 Å². The minimum atomic E-state index is -0.405. The third-order valence-electron chi connectivity index (χ3n) is 9.06. The molecule has 8 rings (SSSR count). The molecule has 0 spiro atoms. The predicted molar refractivity (Wildman–Crippen MR) is 170 cm³/mol. The van der Waals surface area contributed by atoms with Crippen LogP contribution in [0.5, 0.6) is 0 Å². The maximum atomic E-state index is 6.27. The Bertz CT molecular complexity index is 2100. The van der Waals surface area contributed by atoms with Crippen molar-refractivity contribution in [3.8, 4) is 22.6 Å². The third-order valence-corrected chi connectivity index (χ3v) is 9.06. The molecule has 6 aromatic carbocycles. The summed E-state index contributed by atoms with van der Waals surface area (Å²) < 4.78 is 12.5. The average molecular weight is 532 g/mol. The van der Waals surface area contributed by atoms with Gasteiger partial charge in [-0.3, -0.25) is 0 Å². The monoisotopic (exact) mass is 532 g/mol. The van der Waals surface area contributed by atoms with E-state index in [1.54, 1.807) is 0 Å². The zero-order valence-electron chi connectivity index (χ0n) is 23.6. The van der Waals surface area contributed by atoms with Gasteiger partial charge in [0.1, 0.15) is 0 Å². The minimum Gasteiger partial charge on any atom is -0.399 e. The van der Waals surface area contributed by atoms with Gasteiger partial charge in [-0.15, -0.1) is 0 Å². The van der Waals surface area contributed by atoms with Gasteiger partial charge in [-0.1, -0.05) is 91.0 Å². The second-order valence-corrected chi connectivity index (χ2v) is 12.1. The number of rotatable bonds is 3. The first-order valence-corrected chi connectivity index (χ1v) is 14.2. The zero-order chi connectivity index (χ0) is 27.9. The van der Waals surface area contributed by atoms with Gasteiger partial charge < -0.3 is 9.31 Å². The van der Waals surface area contributed by atoms with E-state index >= 15 is 0 Å². The summed E-state index contributed by atoms with van der Waals surface area (Å²) in [6.45, 7) is 8.30. The van der Waals surface area contributed by atoms with E-state index in [2.05, 4.69) is 125 Å². The molecule has 0 amide bonds. The van der Waals surface area contributed by atoms with Gasteiger partial charge in [0.05, 0.1) is 22.4 Å². The Morgan fingerprint density at radius 3 is 1.98 bits per heavy atom. The SMILES string of the molecule is CC1(C)OB(c2ccc(-c3nc(-c4cc5cccc6ccc7cccc4c7c65)c4ccccc4n3)cc2)OC1(C)C. The van der Waals surface area contributed by atoms with Gasteiger partial charge in [-0.2, -0.15) is 0 Å². The molecule has 2 heterocycles. The van der Waals surface area contributed by atoms with Crippen LogP contribution in [0.2, 0.25) is 0 Å². The van der Waals surface area contributed by atoms with Crippen LogP contribution in [-0.2, 0) is 9.31 Å². The van der Waals surface area contributed by atoms with Gasteiger partial charge in [-0.25, -0.2) is 9.97 Å². The number of aromatic nitrogens is 2. The summed E-state index contributed by atoms with van der Waals surface area (Å²) in [4.78, 5) is 10.3. The second-order valence-electron chi connectivity index (χ2n) is 12.1. The Morgan fingerprint density at radius 1 is 0.585 bits per heavy atom. The minimum absolute atomic E-state index is 0.383. The molecule has 1 aliphatic rings. The molecular weight excluding hydrogens is 503 g/mol. The highest BCUT2D eigenvalue weighted by Gasteiger charge is 2.51. The van der Waals surface area contributed by atoms with Crippen LogP contribution in [-0.4, -0.2) is 28.3 Å². The molecule has 198 valence electrons. The number of hydrogen-bond acceptors (Lipinski definition) is 4. The van der Waals surface area contributed by atoms with E-state index in [0.29, 0.717) is 5.82 Å². The fourth-order valence-corrected chi connectivity index (χ4v) is 6.14. The fourth-order valence-electron chi connectivity index (χ4n) is 6.14. The summed E-state index contributed by atoms with van der Waals surface area (Å²) >= 11 is 0. The highest BCUT2D eigenvalue weighted by Crippen LogP contribution is 2.42. The molecule has 4 nitrogen and oxygen atoms in total. The van der Waals surface area contributed by atoms with E-state index in [1.807, 2.05) is 6.07 Å². The largest absolute Gasteiger partial charge is 0.494 e. The van der Waals surface area contributed by atoms with Crippen molar-refractivity contribution < 1.29 is 9.31 Å². The molecule has 1 aromatic heterocycles. The van der Waals surface area contributed by atoms with Gasteiger partial charge >= 0.3 is 7.12 Å². The van der Waals surface area contributed by atoms with Crippen molar-refractivity contribution in [1.82, 2.24) is 9.97 Å². The quantitative estimate of drug-likeness (QED) is 0.170. The molecule has 0 atom stereocenters. The van der Waals surface area contributed by atoms with E-state index < -0.39 is 7.12 Å². The normalized spacial score (nSPS) is 16.4. The van der Waals surface area contributed by atoms with Crippen LogP contribution in [0.15, 0.2) is 103 Å². The van der Waals surface area contributed by atoms with Crippen LogP contribution in [0.3, 0.4) is 0 Å². The lowest BCUT2D eigenvalue weighted by Gasteiger charge is -2.32. The first kappa shape index (κ1) is 24.5. The summed E-state index contributed by atoms with van der Waals surface area (Å²) in [5, 5.41) is 8.56. The molecule has 7 aromatic rings. The van der Waals surface area contributed by atoms with Gasteiger partial charge in [0, 0.05) is 16.5 Å². The predicted octanol–water partition coefficient (Wildman–Crippen LogP) is 8.16. The lowest BCUT2D eigenvalue weighted by molar-refractivity contribution is 0.00578. The fraction of sp³-hybridized carbons (Fsp3) is 0.167. The Hall–Kier alpha value is -4.32. The van der Waals surface area contributed by atoms with Crippen molar-refractivity contribution in [3.05, 3.63) is 103 Å². The maximum Gasteiger partial charge on any atom is 0.494 e. The van der Waals surface area contributed by atoms with E-state index in [0.717, 1.165) is 33.2 Å². The lowest BCUT2D eigenvalue weighted by atomic mass is 9.79. The highest BCUT2D eigenvalue weighted by atomic mass is 16.7. The summed E-state index contributed by atoms with van der Waals surface area (Å²) in [6, 6.07) is 36.4. The molecule has 0 radical (unpaired) electrons. The standard InChI is InChI=1S/C36H29BN2O2/c1-35(2)36(3,4)41-37(40-35)26-19-17-24(18-20-26)34-38-30-14-6-5-12-28(30)33(39-34)29-21-25-11-7-9-22-15-16-23-10-8-13-27(29)32(23)31(22)25/h5-21H,1-4H3. The topological polar surface area (TPSA) is 44.2 Å². The maximum absolute atomic E-state index is 6.27. The van der Waals surface area contributed by atoms with Crippen molar-refractivity contribution in [1.29, 1.82) is 0 Å². The van der Waals surface area contributed by atoms with Gasteiger partial charge in [0.15, 0.2) is 5.82 Å². The molecule has 0 unspecified atom stereocenters. The van der Waals surface area contributed by atoms with Crippen molar-refractivity contribution >= 4 is 55.8 Å². The number of hydrogen-bond donors (Lipinski definition) is 0. The van der Waals surface area contributed by atoms with Crippen LogP contribution in [0.25, 0.3) is 65.9 Å². The molecule has 1 fully saturated rings. The van der Waals surface area contributed by atoms with Crippen LogP contribution in [0.1, 0.15) is 27.7 Å². The Morgan fingerprint density at radius 2 is 1.22 bits per heavy atom. The number of benzene rings is 6. The van der Waals surface area contributed by atoms with Crippen molar-refractivity contribution in [2.24, 2.45) is 0 Å². The van der Waals surface area contributed by atoms with E-state index in [-0.39, 0.29) is 11.2 Å². The molecule has 0 saturated carbocycles. The molecule has 0 aliphatic carbocycles. The Kier molecular flexibility index (Phi) is 5.13. The number of para-hydroxylation sites is 1. The first-order valence-electron chi connectivity index (χ1n) is 14.2. The van der Waals surface area contributed by atoms with Crippen molar-refractivity contribution in [2.75, 3.05) is 0 Å². The molecule has 1 aliphatic heterocycles. The summed E-state index contributed by atoms with van der Waals surface area (Å²) in [5.41, 5.74) is 4.16. The average Bonchev–Trinajstić information content (AvgIpc) is 3.21. The molecule has 41 heavy (non-hydrogen) atoms. The molecule has 1 saturated heterocycles. The van der Waals surface area contributed by atoms with E-state index in [4.69, 9.17) is 19.3 Å². The van der Waals surface area contributed by atoms with Crippen molar-refractivity contribution in [3.63, 3.8) is 0 Å². The van der Waals surface area contributed by atoms with Crippen LogP contribution >= 0.6 is 0 Å². The van der Waals surface area contributed by atoms with Crippen LogP contribution in [0.4, 0.5) is 0 Å². The molecule has 0 N–H and O–H groups in total. The van der Waals surface area contributed by atoms with E-state index in [9.17, 15) is 0 Å². The molecule has 0 bridgehead atoms. The summed E-state index contributed by atoms with van der Waals surface area (Å²) in [6.07, 6.45) is 0. The van der Waals surface area contributed by atoms with Gasteiger partial charge in [0.25, 0.3) is 0 Å². The number of fused-ring (bicyclic) bond motifs is 1. The first-order chi connectivity index (χ1) is 19.8. The second kappa shape index (κ2) is 8.59. The van der Waals surface area contributed by atoms with Gasteiger partial charge in [-0.05, 0) is 77.6 Å². The lowest BCUT2D eigenvalue weighted by Crippen LogP contribution is -2.41. The smallest absolute Gasteiger partial charge is 0.399 e. The van der Waals surface area contributed by atoms with Crippen LogP contribution < -0.4 is 5.46 Å². The molecule has 5 heteroatoms. The third kappa shape index (κ3) is 3.69.